The van der Waals surface area contributed by atoms with E-state index in [0.29, 0.717) is 11.8 Å². The number of halogens is 1. The lowest BCUT2D eigenvalue weighted by Gasteiger charge is -2.26. The number of rotatable bonds is 2. The summed E-state index contributed by atoms with van der Waals surface area (Å²) in [4.78, 5) is 6.72. The molecule has 2 aromatic rings. The first-order chi connectivity index (χ1) is 10.6. The molecule has 2 heterocycles. The number of benzene rings is 1. The van der Waals surface area contributed by atoms with Crippen LogP contribution in [0.4, 0.5) is 10.2 Å². The van der Waals surface area contributed by atoms with Gasteiger partial charge in [-0.05, 0) is 54.5 Å². The lowest BCUT2D eigenvalue weighted by molar-refractivity contribution is 0.0365. The average molecular weight is 298 g/mol. The number of fused-ring (bicyclic) bond motifs is 1. The minimum absolute atomic E-state index is 0.258. The Bertz CT molecular complexity index is 645. The lowest BCUT2D eigenvalue weighted by Crippen LogP contribution is -2.28. The number of hydrogen-bond acceptors (Lipinski definition) is 3. The fourth-order valence-electron chi connectivity index (χ4n) is 4.08. The zero-order valence-electron chi connectivity index (χ0n) is 12.3. The van der Waals surface area contributed by atoms with Gasteiger partial charge in [-0.3, -0.25) is 0 Å². The molecule has 3 nitrogen and oxygen atoms in total. The molecule has 0 radical (unpaired) electrons. The Labute approximate surface area is 129 Å². The van der Waals surface area contributed by atoms with Crippen molar-refractivity contribution in [3.63, 3.8) is 0 Å². The number of anilines is 1. The van der Waals surface area contributed by atoms with Gasteiger partial charge in [-0.2, -0.15) is 0 Å². The summed E-state index contributed by atoms with van der Waals surface area (Å²) in [5, 5.41) is 11.0. The second-order valence-corrected chi connectivity index (χ2v) is 6.56. The Morgan fingerprint density at radius 2 is 1.73 bits per heavy atom. The molecule has 2 unspecified atom stereocenters. The summed E-state index contributed by atoms with van der Waals surface area (Å²) >= 11 is 0. The molecule has 1 N–H and O–H groups in total. The van der Waals surface area contributed by atoms with Crippen molar-refractivity contribution in [2.45, 2.75) is 18.4 Å². The Balaban J connectivity index is 1.50. The summed E-state index contributed by atoms with van der Waals surface area (Å²) < 4.78 is 13.1. The van der Waals surface area contributed by atoms with Crippen LogP contribution in [0.15, 0.2) is 48.7 Å². The van der Waals surface area contributed by atoms with Crippen LogP contribution in [-0.4, -0.2) is 23.2 Å². The second-order valence-electron chi connectivity index (χ2n) is 6.56. The Morgan fingerprint density at radius 1 is 1.05 bits per heavy atom. The molecule has 1 aliphatic heterocycles. The maximum Gasteiger partial charge on any atom is 0.128 e. The van der Waals surface area contributed by atoms with Crippen molar-refractivity contribution in [3.05, 3.63) is 60.0 Å². The molecule has 0 spiro atoms. The summed E-state index contributed by atoms with van der Waals surface area (Å²) in [6.07, 6.45) is 3.30. The summed E-state index contributed by atoms with van der Waals surface area (Å²) in [5.74, 6) is 1.70. The van der Waals surface area contributed by atoms with E-state index >= 15 is 0 Å². The zero-order chi connectivity index (χ0) is 15.2. The maximum atomic E-state index is 13.1. The van der Waals surface area contributed by atoms with Crippen LogP contribution in [0.1, 0.15) is 18.4 Å². The van der Waals surface area contributed by atoms with E-state index in [1.54, 1.807) is 12.1 Å². The van der Waals surface area contributed by atoms with E-state index in [1.807, 2.05) is 24.4 Å². The highest BCUT2D eigenvalue weighted by atomic mass is 19.1. The third-order valence-electron chi connectivity index (χ3n) is 5.13. The minimum Gasteiger partial charge on any atom is -0.385 e. The highest BCUT2D eigenvalue weighted by Crippen LogP contribution is 2.49. The molecule has 1 aromatic carbocycles. The van der Waals surface area contributed by atoms with E-state index in [2.05, 4.69) is 9.88 Å². The lowest BCUT2D eigenvalue weighted by atomic mass is 9.90. The normalized spacial score (nSPS) is 30.5. The molecule has 114 valence electrons. The number of hydrogen-bond donors (Lipinski definition) is 1. The van der Waals surface area contributed by atoms with Crippen LogP contribution in [0.25, 0.3) is 0 Å². The van der Waals surface area contributed by atoms with Crippen molar-refractivity contribution in [2.75, 3.05) is 18.0 Å². The summed E-state index contributed by atoms with van der Waals surface area (Å²) in [7, 11) is 0. The SMILES string of the molecule is OC1(c2ccc(F)cc2)CC2CN(c3ccccn3)CC2C1. The van der Waals surface area contributed by atoms with Crippen LogP contribution in [0.3, 0.4) is 0 Å². The molecule has 1 aliphatic carbocycles. The van der Waals surface area contributed by atoms with Gasteiger partial charge in [0, 0.05) is 19.3 Å². The first-order valence-corrected chi connectivity index (χ1v) is 7.78. The molecule has 0 amide bonds. The van der Waals surface area contributed by atoms with Crippen LogP contribution in [0.5, 0.6) is 0 Å². The first kappa shape index (κ1) is 13.7. The number of aromatic nitrogens is 1. The van der Waals surface area contributed by atoms with Crippen LogP contribution in [0, 0.1) is 17.7 Å². The smallest absolute Gasteiger partial charge is 0.128 e. The predicted octanol–water partition coefficient (Wildman–Crippen LogP) is 2.95. The fourth-order valence-corrected chi connectivity index (χ4v) is 4.08. The van der Waals surface area contributed by atoms with Gasteiger partial charge in [0.05, 0.1) is 5.60 Å². The molecule has 4 heteroatoms. The standard InChI is InChI=1S/C18H19FN2O/c19-16-6-4-15(5-7-16)18(22)9-13-11-21(12-14(13)10-18)17-3-1-2-8-20-17/h1-8,13-14,22H,9-12H2. The monoisotopic (exact) mass is 298 g/mol. The Hall–Kier alpha value is -1.94. The van der Waals surface area contributed by atoms with Gasteiger partial charge in [-0.25, -0.2) is 9.37 Å². The summed E-state index contributed by atoms with van der Waals surface area (Å²) in [5.41, 5.74) is 0.0341. The molecule has 1 saturated carbocycles. The third kappa shape index (κ3) is 2.28. The number of pyridine rings is 1. The highest BCUT2D eigenvalue weighted by Gasteiger charge is 2.49. The van der Waals surface area contributed by atoms with Crippen molar-refractivity contribution >= 4 is 5.82 Å². The minimum atomic E-state index is -0.806. The van der Waals surface area contributed by atoms with Gasteiger partial charge in [0.15, 0.2) is 0 Å². The summed E-state index contributed by atoms with van der Waals surface area (Å²) in [6.45, 7) is 1.87. The molecule has 4 rings (SSSR count). The van der Waals surface area contributed by atoms with Crippen LogP contribution in [-0.2, 0) is 5.60 Å². The molecule has 1 saturated heterocycles. The van der Waals surface area contributed by atoms with Gasteiger partial charge in [-0.1, -0.05) is 18.2 Å². The van der Waals surface area contributed by atoms with Gasteiger partial charge in [-0.15, -0.1) is 0 Å². The predicted molar refractivity (Wildman–Crippen MR) is 83.0 cm³/mol. The van der Waals surface area contributed by atoms with E-state index in [9.17, 15) is 9.50 Å². The molecule has 22 heavy (non-hydrogen) atoms. The molecule has 2 aliphatic rings. The Kier molecular flexibility index (Phi) is 3.15. The highest BCUT2D eigenvalue weighted by molar-refractivity contribution is 5.40. The Morgan fingerprint density at radius 3 is 2.32 bits per heavy atom. The van der Waals surface area contributed by atoms with E-state index in [-0.39, 0.29) is 5.82 Å². The second kappa shape index (κ2) is 5.06. The number of nitrogens with zero attached hydrogens (tertiary/aromatic N) is 2. The summed E-state index contributed by atoms with van der Waals surface area (Å²) in [6, 6.07) is 12.3. The van der Waals surface area contributed by atoms with Gasteiger partial charge in [0.25, 0.3) is 0 Å². The first-order valence-electron chi connectivity index (χ1n) is 7.78. The van der Waals surface area contributed by atoms with E-state index < -0.39 is 5.60 Å². The molecule has 0 bridgehead atoms. The van der Waals surface area contributed by atoms with Gasteiger partial charge in [0.2, 0.25) is 0 Å². The zero-order valence-corrected chi connectivity index (χ0v) is 12.3. The van der Waals surface area contributed by atoms with Crippen LogP contribution in [0.2, 0.25) is 0 Å². The topological polar surface area (TPSA) is 36.4 Å². The van der Waals surface area contributed by atoms with Gasteiger partial charge in [0.1, 0.15) is 11.6 Å². The number of aliphatic hydroxyl groups is 1. The fraction of sp³-hybridized carbons (Fsp3) is 0.389. The van der Waals surface area contributed by atoms with Gasteiger partial charge < -0.3 is 10.0 Å². The average Bonchev–Trinajstić information content (AvgIpc) is 3.04. The molecule has 2 atom stereocenters. The van der Waals surface area contributed by atoms with E-state index in [4.69, 9.17) is 0 Å². The van der Waals surface area contributed by atoms with Crippen LogP contribution >= 0.6 is 0 Å². The molecule has 1 aromatic heterocycles. The van der Waals surface area contributed by atoms with Crippen molar-refractivity contribution in [2.24, 2.45) is 11.8 Å². The largest absolute Gasteiger partial charge is 0.385 e. The quantitative estimate of drug-likeness (QED) is 0.926. The van der Waals surface area contributed by atoms with E-state index in [1.165, 1.54) is 12.1 Å². The van der Waals surface area contributed by atoms with Crippen molar-refractivity contribution in [1.29, 1.82) is 0 Å². The van der Waals surface area contributed by atoms with Crippen molar-refractivity contribution in [3.8, 4) is 0 Å². The molecular weight excluding hydrogens is 279 g/mol. The third-order valence-corrected chi connectivity index (χ3v) is 5.13. The van der Waals surface area contributed by atoms with Crippen molar-refractivity contribution < 1.29 is 9.50 Å². The van der Waals surface area contributed by atoms with E-state index in [0.717, 1.165) is 37.3 Å². The molecular formula is C18H19FN2O. The van der Waals surface area contributed by atoms with Crippen molar-refractivity contribution in [1.82, 2.24) is 4.98 Å². The van der Waals surface area contributed by atoms with Gasteiger partial charge >= 0.3 is 0 Å². The molecule has 2 fully saturated rings. The van der Waals surface area contributed by atoms with Crippen LogP contribution < -0.4 is 4.90 Å². The maximum absolute atomic E-state index is 13.1.